The molecular formula is C5H11ClO4. The molecule has 0 aromatic heterocycles. The number of rotatable bonds is 4. The highest BCUT2D eigenvalue weighted by atomic mass is 35.5. The Morgan fingerprint density at radius 2 is 1.40 bits per heavy atom. The summed E-state index contributed by atoms with van der Waals surface area (Å²) < 4.78 is 0. The van der Waals surface area contributed by atoms with Crippen LogP contribution in [0.4, 0.5) is 0 Å². The summed E-state index contributed by atoms with van der Waals surface area (Å²) in [6.45, 7) is -1.65. The first kappa shape index (κ1) is 10.1. The summed E-state index contributed by atoms with van der Waals surface area (Å²) >= 11 is 5.18. The van der Waals surface area contributed by atoms with Crippen molar-refractivity contribution in [1.82, 2.24) is 0 Å². The molecule has 0 saturated carbocycles. The first-order chi connectivity index (χ1) is 4.63. The Morgan fingerprint density at radius 1 is 1.10 bits per heavy atom. The van der Waals surface area contributed by atoms with Crippen molar-refractivity contribution < 1.29 is 20.4 Å². The zero-order valence-electron chi connectivity index (χ0n) is 5.37. The molecule has 10 heavy (non-hydrogen) atoms. The Labute approximate surface area is 63.7 Å². The number of aliphatic hydroxyl groups is 4. The minimum Gasteiger partial charge on any atom is -0.395 e. The quantitative estimate of drug-likeness (QED) is 0.388. The Bertz CT molecular complexity index is 83.4. The third-order valence-corrected chi connectivity index (χ3v) is 1.91. The van der Waals surface area contributed by atoms with Gasteiger partial charge < -0.3 is 20.4 Å². The molecule has 0 heterocycles. The second kappa shape index (κ2) is 4.10. The molecule has 0 aliphatic heterocycles. The van der Waals surface area contributed by atoms with Crippen molar-refractivity contribution in [3.05, 3.63) is 0 Å². The van der Waals surface area contributed by atoms with E-state index in [1.807, 2.05) is 0 Å². The van der Waals surface area contributed by atoms with Crippen molar-refractivity contribution in [3.63, 3.8) is 0 Å². The number of hydrogen-bond donors (Lipinski definition) is 4. The van der Waals surface area contributed by atoms with Gasteiger partial charge in [0, 0.05) is 0 Å². The van der Waals surface area contributed by atoms with Gasteiger partial charge in [0.15, 0.2) is 0 Å². The summed E-state index contributed by atoms with van der Waals surface area (Å²) in [7, 11) is 0. The molecule has 0 saturated heterocycles. The van der Waals surface area contributed by atoms with Crippen molar-refractivity contribution in [2.45, 2.75) is 5.56 Å². The van der Waals surface area contributed by atoms with Crippen LogP contribution in [0.15, 0.2) is 0 Å². The molecule has 0 fully saturated rings. The van der Waals surface area contributed by atoms with E-state index in [9.17, 15) is 0 Å². The predicted octanol–water partition coefficient (Wildman–Crippen LogP) is -1.49. The Hall–Kier alpha value is 0.130. The van der Waals surface area contributed by atoms with E-state index < -0.39 is 30.8 Å². The molecule has 4 N–H and O–H groups in total. The minimum absolute atomic E-state index is 0.551. The van der Waals surface area contributed by atoms with Gasteiger partial charge in [-0.25, -0.2) is 0 Å². The lowest BCUT2D eigenvalue weighted by Crippen LogP contribution is -2.42. The lowest BCUT2D eigenvalue weighted by Gasteiger charge is -2.28. The van der Waals surface area contributed by atoms with E-state index >= 15 is 0 Å². The smallest absolute Gasteiger partial charge is 0.140 e. The van der Waals surface area contributed by atoms with Crippen molar-refractivity contribution in [3.8, 4) is 0 Å². The zero-order chi connectivity index (χ0) is 8.20. The van der Waals surface area contributed by atoms with Crippen LogP contribution in [0.2, 0.25) is 0 Å². The third kappa shape index (κ3) is 1.81. The second-order valence-electron chi connectivity index (χ2n) is 2.17. The Kier molecular flexibility index (Phi) is 4.15. The standard InChI is InChI=1S/C5H11ClO4/c6-4(10)5(1-7,2-8)3-9/h4,7-10H,1-3H2. The highest BCUT2D eigenvalue weighted by molar-refractivity contribution is 6.20. The molecule has 0 radical (unpaired) electrons. The van der Waals surface area contributed by atoms with Gasteiger partial charge in [0.05, 0.1) is 25.2 Å². The van der Waals surface area contributed by atoms with Gasteiger partial charge >= 0.3 is 0 Å². The first-order valence-corrected chi connectivity index (χ1v) is 3.21. The van der Waals surface area contributed by atoms with Crippen LogP contribution in [0.1, 0.15) is 0 Å². The van der Waals surface area contributed by atoms with Crippen molar-refractivity contribution >= 4 is 11.6 Å². The lowest BCUT2D eigenvalue weighted by atomic mass is 9.92. The molecule has 1 atom stereocenters. The van der Waals surface area contributed by atoms with Crippen LogP contribution in [0.3, 0.4) is 0 Å². The van der Waals surface area contributed by atoms with E-state index in [1.165, 1.54) is 0 Å². The van der Waals surface area contributed by atoms with Crippen LogP contribution < -0.4 is 0 Å². The molecule has 0 aromatic rings. The molecule has 0 rings (SSSR count). The largest absolute Gasteiger partial charge is 0.395 e. The third-order valence-electron chi connectivity index (χ3n) is 1.45. The lowest BCUT2D eigenvalue weighted by molar-refractivity contribution is -0.0502. The van der Waals surface area contributed by atoms with Gasteiger partial charge in [-0.15, -0.1) is 0 Å². The van der Waals surface area contributed by atoms with E-state index in [-0.39, 0.29) is 0 Å². The monoisotopic (exact) mass is 170 g/mol. The average molecular weight is 171 g/mol. The van der Waals surface area contributed by atoms with Crippen LogP contribution in [0.25, 0.3) is 0 Å². The topological polar surface area (TPSA) is 80.9 Å². The van der Waals surface area contributed by atoms with Crippen molar-refractivity contribution in [1.29, 1.82) is 0 Å². The maximum absolute atomic E-state index is 8.75. The molecule has 0 amide bonds. The molecule has 0 aromatic carbocycles. The fourth-order valence-electron chi connectivity index (χ4n) is 0.376. The van der Waals surface area contributed by atoms with E-state index in [2.05, 4.69) is 0 Å². The van der Waals surface area contributed by atoms with Gasteiger partial charge in [0.1, 0.15) is 5.56 Å². The van der Waals surface area contributed by atoms with Gasteiger partial charge in [-0.3, -0.25) is 0 Å². The SMILES string of the molecule is OCC(CO)(CO)C(O)Cl. The van der Waals surface area contributed by atoms with Crippen molar-refractivity contribution in [2.24, 2.45) is 5.41 Å². The molecular weight excluding hydrogens is 160 g/mol. The highest BCUT2D eigenvalue weighted by Crippen LogP contribution is 2.22. The minimum atomic E-state index is -1.44. The van der Waals surface area contributed by atoms with Gasteiger partial charge in [-0.2, -0.15) is 0 Å². The Morgan fingerprint density at radius 3 is 1.40 bits per heavy atom. The van der Waals surface area contributed by atoms with E-state index in [1.54, 1.807) is 0 Å². The van der Waals surface area contributed by atoms with E-state index in [4.69, 9.17) is 32.0 Å². The molecule has 4 nitrogen and oxygen atoms in total. The van der Waals surface area contributed by atoms with Crippen LogP contribution in [0.5, 0.6) is 0 Å². The van der Waals surface area contributed by atoms with E-state index in [0.717, 1.165) is 0 Å². The maximum atomic E-state index is 8.75. The average Bonchev–Trinajstić information content (AvgIpc) is 1.92. The number of alkyl halides is 1. The summed E-state index contributed by atoms with van der Waals surface area (Å²) in [6.07, 6.45) is 0. The zero-order valence-corrected chi connectivity index (χ0v) is 6.12. The Balaban J connectivity index is 4.15. The number of aliphatic hydroxyl groups excluding tert-OH is 4. The van der Waals surface area contributed by atoms with Gasteiger partial charge in [0.2, 0.25) is 0 Å². The number of hydrogen-bond acceptors (Lipinski definition) is 4. The summed E-state index contributed by atoms with van der Waals surface area (Å²) in [5.74, 6) is 0. The fourth-order valence-corrected chi connectivity index (χ4v) is 0.583. The highest BCUT2D eigenvalue weighted by Gasteiger charge is 2.35. The van der Waals surface area contributed by atoms with Gasteiger partial charge in [-0.1, -0.05) is 11.6 Å². The molecule has 62 valence electrons. The fraction of sp³-hybridized carbons (Fsp3) is 1.00. The molecule has 0 aliphatic carbocycles. The first-order valence-electron chi connectivity index (χ1n) is 2.77. The number of halogens is 1. The molecule has 1 unspecified atom stereocenters. The van der Waals surface area contributed by atoms with Crippen LogP contribution in [-0.4, -0.2) is 45.8 Å². The normalized spacial score (nSPS) is 15.3. The van der Waals surface area contributed by atoms with Crippen LogP contribution in [-0.2, 0) is 0 Å². The summed E-state index contributed by atoms with van der Waals surface area (Å²) in [5, 5.41) is 34.5. The van der Waals surface area contributed by atoms with Gasteiger partial charge in [-0.05, 0) is 0 Å². The molecule has 0 spiro atoms. The van der Waals surface area contributed by atoms with Crippen LogP contribution in [0, 0.1) is 5.41 Å². The van der Waals surface area contributed by atoms with Crippen molar-refractivity contribution in [2.75, 3.05) is 19.8 Å². The summed E-state index contributed by atoms with van der Waals surface area (Å²) in [5.41, 5.74) is -2.82. The summed E-state index contributed by atoms with van der Waals surface area (Å²) in [6, 6.07) is 0. The second-order valence-corrected chi connectivity index (χ2v) is 2.59. The molecule has 0 aliphatic rings. The molecule has 5 heteroatoms. The predicted molar refractivity (Wildman–Crippen MR) is 35.6 cm³/mol. The van der Waals surface area contributed by atoms with Crippen LogP contribution >= 0.6 is 11.6 Å². The summed E-state index contributed by atoms with van der Waals surface area (Å²) in [4.78, 5) is 0. The van der Waals surface area contributed by atoms with Gasteiger partial charge in [0.25, 0.3) is 0 Å². The van der Waals surface area contributed by atoms with E-state index in [0.29, 0.717) is 0 Å². The maximum Gasteiger partial charge on any atom is 0.140 e. The molecule has 0 bridgehead atoms.